The normalized spacial score (nSPS) is 17.8. The van der Waals surface area contributed by atoms with E-state index in [0.717, 1.165) is 6.42 Å². The Morgan fingerprint density at radius 2 is 0.943 bits per heavy atom. The van der Waals surface area contributed by atoms with Gasteiger partial charge in [0.1, 0.15) is 0 Å². The molecule has 4 aliphatic rings. The fourth-order valence-corrected chi connectivity index (χ4v) is 13.7. The van der Waals surface area contributed by atoms with Gasteiger partial charge in [-0.1, -0.05) is 209 Å². The molecule has 0 N–H and O–H groups in total. The van der Waals surface area contributed by atoms with Gasteiger partial charge in [0.15, 0.2) is 0 Å². The standard InChI is InChI=1S/C67H75BN2/c1-61(2,3)42-26-23-27-45(34-42)69-54-35-43(62(4,5)6)30-32-51(54)68-52-38-49-50(67(16,17)47-29-22-21-28-46(47)66(49,14)15)39-55(52)70(57-37-44(63(7,8)9)36-56(69)60(57)68)53-33-31-48-59(65(12,13)40-64(48,10)11)58(53)41-24-19-18-20-25-41/h18-39H,40H2,1-17H3. The van der Waals surface area contributed by atoms with E-state index in [-0.39, 0.29) is 44.6 Å². The monoisotopic (exact) mass is 919 g/mol. The molecule has 0 atom stereocenters. The lowest BCUT2D eigenvalue weighted by Gasteiger charge is -2.49. The first kappa shape index (κ1) is 46.6. The van der Waals surface area contributed by atoms with E-state index in [4.69, 9.17) is 0 Å². The van der Waals surface area contributed by atoms with Crippen molar-refractivity contribution in [1.82, 2.24) is 0 Å². The van der Waals surface area contributed by atoms with E-state index in [2.05, 4.69) is 261 Å². The molecule has 2 aliphatic heterocycles. The van der Waals surface area contributed by atoms with Crippen molar-refractivity contribution >= 4 is 57.2 Å². The molecule has 0 fully saturated rings. The molecule has 2 nitrogen and oxygen atoms in total. The molecule has 70 heavy (non-hydrogen) atoms. The number of rotatable bonds is 3. The Hall–Kier alpha value is -5.80. The van der Waals surface area contributed by atoms with Crippen LogP contribution < -0.4 is 26.2 Å². The first-order valence-electron chi connectivity index (χ1n) is 26.2. The molecule has 0 spiro atoms. The van der Waals surface area contributed by atoms with E-state index in [9.17, 15) is 0 Å². The summed E-state index contributed by atoms with van der Waals surface area (Å²) in [5.74, 6) is 0. The number of anilines is 6. The Morgan fingerprint density at radius 3 is 1.56 bits per heavy atom. The van der Waals surface area contributed by atoms with Crippen molar-refractivity contribution in [2.45, 2.75) is 162 Å². The molecule has 356 valence electrons. The number of fused-ring (bicyclic) bond motifs is 7. The minimum atomic E-state index is -0.228. The van der Waals surface area contributed by atoms with Gasteiger partial charge in [-0.25, -0.2) is 0 Å². The van der Waals surface area contributed by atoms with Crippen molar-refractivity contribution < 1.29 is 0 Å². The SMILES string of the molecule is CC(C)(C)c1cccc(N2c3cc(C(C)(C)C)ccc3B3c4cc5c(cc4N(c4ccc6c(c4-c4ccccc4)C(C)(C)CC6(C)C)c4cc(C(C)(C)C)cc2c43)C(C)(C)c2ccccc2C5(C)C)c1. The van der Waals surface area contributed by atoms with Gasteiger partial charge in [0.2, 0.25) is 0 Å². The van der Waals surface area contributed by atoms with Crippen molar-refractivity contribution in [3.63, 3.8) is 0 Å². The molecule has 0 saturated heterocycles. The number of benzene rings is 7. The van der Waals surface area contributed by atoms with E-state index in [1.54, 1.807) is 0 Å². The van der Waals surface area contributed by atoms with Crippen molar-refractivity contribution in [2.75, 3.05) is 9.80 Å². The summed E-state index contributed by atoms with van der Waals surface area (Å²) in [5.41, 5.74) is 26.4. The highest BCUT2D eigenvalue weighted by molar-refractivity contribution is 7.00. The lowest BCUT2D eigenvalue weighted by Crippen LogP contribution is -2.62. The molecule has 0 saturated carbocycles. The van der Waals surface area contributed by atoms with Gasteiger partial charge in [-0.2, -0.15) is 0 Å². The van der Waals surface area contributed by atoms with Gasteiger partial charge in [-0.05, 0) is 148 Å². The molecular weight excluding hydrogens is 844 g/mol. The molecule has 0 unspecified atom stereocenters. The summed E-state index contributed by atoms with van der Waals surface area (Å²) in [4.78, 5) is 5.41. The molecule has 2 aliphatic carbocycles. The third-order valence-electron chi connectivity index (χ3n) is 17.3. The summed E-state index contributed by atoms with van der Waals surface area (Å²) in [6.07, 6.45) is 1.10. The van der Waals surface area contributed by atoms with E-state index in [1.807, 2.05) is 0 Å². The average Bonchev–Trinajstić information content (AvgIpc) is 3.48. The Kier molecular flexibility index (Phi) is 9.90. The maximum atomic E-state index is 2.76. The molecule has 0 aromatic heterocycles. The van der Waals surface area contributed by atoms with Gasteiger partial charge >= 0.3 is 0 Å². The van der Waals surface area contributed by atoms with Crippen LogP contribution >= 0.6 is 0 Å². The fraction of sp³-hybridized carbons (Fsp3) is 0.373. The van der Waals surface area contributed by atoms with Gasteiger partial charge in [0, 0.05) is 44.8 Å². The zero-order valence-electron chi connectivity index (χ0n) is 45.4. The summed E-state index contributed by atoms with van der Waals surface area (Å²) in [6.45, 7) is 41.0. The zero-order chi connectivity index (χ0) is 50.0. The predicted molar refractivity (Wildman–Crippen MR) is 303 cm³/mol. The van der Waals surface area contributed by atoms with E-state index >= 15 is 0 Å². The summed E-state index contributed by atoms with van der Waals surface area (Å²) < 4.78 is 0. The molecule has 0 radical (unpaired) electrons. The molecule has 7 aromatic carbocycles. The average molecular weight is 919 g/mol. The number of nitrogens with zero attached hydrogens (tertiary/aromatic N) is 2. The van der Waals surface area contributed by atoms with Gasteiger partial charge < -0.3 is 9.80 Å². The third kappa shape index (κ3) is 6.79. The topological polar surface area (TPSA) is 6.48 Å². The summed E-state index contributed by atoms with van der Waals surface area (Å²) in [6, 6.07) is 53.0. The van der Waals surface area contributed by atoms with Crippen LogP contribution in [-0.4, -0.2) is 6.71 Å². The van der Waals surface area contributed by atoms with Gasteiger partial charge in [-0.3, -0.25) is 0 Å². The Labute approximate surface area is 421 Å². The molecule has 2 heterocycles. The Bertz CT molecular complexity index is 3300. The fourth-order valence-electron chi connectivity index (χ4n) is 13.7. The lowest BCUT2D eigenvalue weighted by atomic mass is 9.33. The first-order valence-corrected chi connectivity index (χ1v) is 26.2. The van der Waals surface area contributed by atoms with Crippen LogP contribution in [0, 0.1) is 0 Å². The maximum absolute atomic E-state index is 2.76. The van der Waals surface area contributed by atoms with Crippen LogP contribution in [0.4, 0.5) is 34.1 Å². The summed E-state index contributed by atoms with van der Waals surface area (Å²) in [5, 5.41) is 0. The highest BCUT2D eigenvalue weighted by Crippen LogP contribution is 2.58. The minimum absolute atomic E-state index is 0.0114. The second kappa shape index (κ2) is 14.9. The largest absolute Gasteiger partial charge is 0.311 e. The molecular formula is C67H75BN2. The lowest BCUT2D eigenvalue weighted by molar-refractivity contribution is 0.403. The van der Waals surface area contributed by atoms with E-state index < -0.39 is 0 Å². The summed E-state index contributed by atoms with van der Waals surface area (Å²) in [7, 11) is 0. The third-order valence-corrected chi connectivity index (χ3v) is 17.3. The maximum Gasteiger partial charge on any atom is 0.252 e. The van der Waals surface area contributed by atoms with E-state index in [0.29, 0.717) is 0 Å². The van der Waals surface area contributed by atoms with Crippen LogP contribution in [0.5, 0.6) is 0 Å². The molecule has 7 aromatic rings. The van der Waals surface area contributed by atoms with Crippen molar-refractivity contribution in [2.24, 2.45) is 0 Å². The van der Waals surface area contributed by atoms with Gasteiger partial charge in [0.05, 0.1) is 5.69 Å². The van der Waals surface area contributed by atoms with Gasteiger partial charge in [-0.15, -0.1) is 0 Å². The van der Waals surface area contributed by atoms with Crippen LogP contribution in [0.1, 0.15) is 174 Å². The quantitative estimate of drug-likeness (QED) is 0.163. The molecule has 0 amide bonds. The van der Waals surface area contributed by atoms with E-state index in [1.165, 1.54) is 112 Å². The summed E-state index contributed by atoms with van der Waals surface area (Å²) >= 11 is 0. The number of hydrogen-bond donors (Lipinski definition) is 0. The van der Waals surface area contributed by atoms with Crippen LogP contribution in [-0.2, 0) is 37.9 Å². The second-order valence-electron chi connectivity index (χ2n) is 27.1. The zero-order valence-corrected chi connectivity index (χ0v) is 45.4. The first-order chi connectivity index (χ1) is 32.6. The minimum Gasteiger partial charge on any atom is -0.311 e. The van der Waals surface area contributed by atoms with Crippen LogP contribution in [0.3, 0.4) is 0 Å². The van der Waals surface area contributed by atoms with Crippen LogP contribution in [0.25, 0.3) is 11.1 Å². The van der Waals surface area contributed by atoms with Crippen molar-refractivity contribution in [3.8, 4) is 11.1 Å². The second-order valence-corrected chi connectivity index (χ2v) is 27.1. The molecule has 3 heteroatoms. The highest BCUT2D eigenvalue weighted by Gasteiger charge is 2.50. The molecule has 11 rings (SSSR count). The van der Waals surface area contributed by atoms with Crippen molar-refractivity contribution in [3.05, 3.63) is 184 Å². The van der Waals surface area contributed by atoms with Crippen LogP contribution in [0.15, 0.2) is 133 Å². The highest BCUT2D eigenvalue weighted by atomic mass is 15.2. The van der Waals surface area contributed by atoms with Gasteiger partial charge in [0.25, 0.3) is 6.71 Å². The number of hydrogen-bond acceptors (Lipinski definition) is 2. The smallest absolute Gasteiger partial charge is 0.252 e. The van der Waals surface area contributed by atoms with Crippen molar-refractivity contribution in [1.29, 1.82) is 0 Å². The Morgan fingerprint density at radius 1 is 0.400 bits per heavy atom. The predicted octanol–water partition coefficient (Wildman–Crippen LogP) is 16.3. The molecule has 0 bridgehead atoms. The Balaban J connectivity index is 1.34. The van der Waals surface area contributed by atoms with Crippen LogP contribution in [0.2, 0.25) is 0 Å².